The van der Waals surface area contributed by atoms with Crippen molar-refractivity contribution in [2.75, 3.05) is 13.1 Å². The SMILES string of the molecule is CC(N)C1CCCN(Cc2ccc(F)c(C(F)(F)F)c2)C1.Cl. The van der Waals surface area contributed by atoms with Crippen LogP contribution in [0.25, 0.3) is 0 Å². The van der Waals surface area contributed by atoms with Crippen LogP contribution >= 0.6 is 12.4 Å². The summed E-state index contributed by atoms with van der Waals surface area (Å²) >= 11 is 0. The molecule has 0 aromatic heterocycles. The molecule has 1 heterocycles. The fraction of sp³-hybridized carbons (Fsp3) is 0.600. The highest BCUT2D eigenvalue weighted by molar-refractivity contribution is 5.85. The van der Waals surface area contributed by atoms with Gasteiger partial charge < -0.3 is 5.73 Å². The fourth-order valence-corrected chi connectivity index (χ4v) is 2.81. The third kappa shape index (κ3) is 4.83. The first-order valence-corrected chi connectivity index (χ1v) is 7.11. The molecule has 2 N–H and O–H groups in total. The number of benzene rings is 1. The number of rotatable bonds is 3. The van der Waals surface area contributed by atoms with Crippen molar-refractivity contribution in [1.29, 1.82) is 0 Å². The molecule has 2 unspecified atom stereocenters. The highest BCUT2D eigenvalue weighted by Gasteiger charge is 2.34. The molecular formula is C15H21ClF4N2. The van der Waals surface area contributed by atoms with Gasteiger partial charge in [0.2, 0.25) is 0 Å². The van der Waals surface area contributed by atoms with Crippen LogP contribution in [0.15, 0.2) is 18.2 Å². The largest absolute Gasteiger partial charge is 0.419 e. The van der Waals surface area contributed by atoms with Gasteiger partial charge in [-0.05, 0) is 49.9 Å². The number of alkyl halides is 3. The summed E-state index contributed by atoms with van der Waals surface area (Å²) in [4.78, 5) is 2.09. The van der Waals surface area contributed by atoms with Crippen LogP contribution in [0.4, 0.5) is 17.6 Å². The molecule has 1 fully saturated rings. The molecule has 126 valence electrons. The average Bonchev–Trinajstić information content (AvgIpc) is 2.40. The van der Waals surface area contributed by atoms with Crippen molar-refractivity contribution in [2.24, 2.45) is 11.7 Å². The van der Waals surface area contributed by atoms with Gasteiger partial charge in [0.1, 0.15) is 5.82 Å². The van der Waals surface area contributed by atoms with E-state index in [1.165, 1.54) is 6.07 Å². The van der Waals surface area contributed by atoms with E-state index >= 15 is 0 Å². The third-order valence-corrected chi connectivity index (χ3v) is 4.03. The van der Waals surface area contributed by atoms with Crippen molar-refractivity contribution in [1.82, 2.24) is 4.90 Å². The molecule has 0 amide bonds. The van der Waals surface area contributed by atoms with E-state index in [0.29, 0.717) is 18.0 Å². The molecule has 0 radical (unpaired) electrons. The summed E-state index contributed by atoms with van der Waals surface area (Å²) in [5.41, 5.74) is 5.19. The van der Waals surface area contributed by atoms with E-state index in [-0.39, 0.29) is 18.4 Å². The van der Waals surface area contributed by atoms with E-state index in [9.17, 15) is 17.6 Å². The molecule has 0 aliphatic carbocycles. The number of halogens is 5. The minimum absolute atomic E-state index is 0. The Bertz CT molecular complexity index is 491. The van der Waals surface area contributed by atoms with Crippen molar-refractivity contribution < 1.29 is 17.6 Å². The van der Waals surface area contributed by atoms with Crippen LogP contribution in [0, 0.1) is 11.7 Å². The lowest BCUT2D eigenvalue weighted by molar-refractivity contribution is -0.140. The molecule has 2 atom stereocenters. The Balaban J connectivity index is 0.00000242. The molecule has 2 rings (SSSR count). The molecule has 1 aromatic rings. The Morgan fingerprint density at radius 1 is 1.36 bits per heavy atom. The normalized spacial score (nSPS) is 21.3. The van der Waals surface area contributed by atoms with Crippen LogP contribution in [-0.4, -0.2) is 24.0 Å². The smallest absolute Gasteiger partial charge is 0.328 e. The van der Waals surface area contributed by atoms with Gasteiger partial charge in [-0.25, -0.2) is 4.39 Å². The predicted molar refractivity (Wildman–Crippen MR) is 80.3 cm³/mol. The summed E-state index contributed by atoms with van der Waals surface area (Å²) in [6.07, 6.45) is -2.62. The second-order valence-electron chi connectivity index (χ2n) is 5.81. The fourth-order valence-electron chi connectivity index (χ4n) is 2.81. The van der Waals surface area contributed by atoms with Crippen LogP contribution in [-0.2, 0) is 12.7 Å². The van der Waals surface area contributed by atoms with E-state index in [2.05, 4.69) is 4.90 Å². The second kappa shape index (κ2) is 7.62. The zero-order valence-corrected chi connectivity index (χ0v) is 13.2. The first-order valence-electron chi connectivity index (χ1n) is 7.11. The quantitative estimate of drug-likeness (QED) is 0.847. The van der Waals surface area contributed by atoms with E-state index in [1.807, 2.05) is 6.92 Å². The van der Waals surface area contributed by atoms with Crippen LogP contribution in [0.5, 0.6) is 0 Å². The Hall–Kier alpha value is -0.850. The molecular weight excluding hydrogens is 320 g/mol. The molecule has 1 saturated heterocycles. The highest BCUT2D eigenvalue weighted by Crippen LogP contribution is 2.32. The van der Waals surface area contributed by atoms with Crippen molar-refractivity contribution >= 4 is 12.4 Å². The zero-order valence-electron chi connectivity index (χ0n) is 12.4. The summed E-state index contributed by atoms with van der Waals surface area (Å²) in [5, 5.41) is 0. The van der Waals surface area contributed by atoms with E-state index in [1.54, 1.807) is 0 Å². The number of nitrogens with two attached hydrogens (primary N) is 1. The first kappa shape index (κ1) is 19.2. The lowest BCUT2D eigenvalue weighted by Gasteiger charge is -2.34. The summed E-state index contributed by atoms with van der Waals surface area (Å²) in [6, 6.07) is 3.29. The van der Waals surface area contributed by atoms with Gasteiger partial charge in [0.05, 0.1) is 5.56 Å². The van der Waals surface area contributed by atoms with Gasteiger partial charge in [-0.1, -0.05) is 6.07 Å². The monoisotopic (exact) mass is 340 g/mol. The highest BCUT2D eigenvalue weighted by atomic mass is 35.5. The van der Waals surface area contributed by atoms with Crippen LogP contribution in [0.2, 0.25) is 0 Å². The summed E-state index contributed by atoms with van der Waals surface area (Å²) in [6.45, 7) is 3.96. The van der Waals surface area contributed by atoms with Gasteiger partial charge in [-0.2, -0.15) is 13.2 Å². The molecule has 22 heavy (non-hydrogen) atoms. The molecule has 0 spiro atoms. The summed E-state index contributed by atoms with van der Waals surface area (Å²) in [7, 11) is 0. The van der Waals surface area contributed by atoms with Crippen molar-refractivity contribution in [3.63, 3.8) is 0 Å². The minimum Gasteiger partial charge on any atom is -0.328 e. The Morgan fingerprint density at radius 3 is 2.64 bits per heavy atom. The lowest BCUT2D eigenvalue weighted by atomic mass is 9.92. The van der Waals surface area contributed by atoms with E-state index < -0.39 is 17.6 Å². The van der Waals surface area contributed by atoms with E-state index in [4.69, 9.17) is 5.73 Å². The van der Waals surface area contributed by atoms with Gasteiger partial charge >= 0.3 is 6.18 Å². The van der Waals surface area contributed by atoms with E-state index in [0.717, 1.165) is 38.1 Å². The van der Waals surface area contributed by atoms with Gasteiger partial charge in [-0.15, -0.1) is 12.4 Å². The van der Waals surface area contributed by atoms with Crippen LogP contribution in [0.3, 0.4) is 0 Å². The maximum atomic E-state index is 13.3. The minimum atomic E-state index is -4.66. The molecule has 0 saturated carbocycles. The molecule has 1 aromatic carbocycles. The maximum absolute atomic E-state index is 13.3. The lowest BCUT2D eigenvalue weighted by Crippen LogP contribution is -2.41. The average molecular weight is 341 g/mol. The number of piperidine rings is 1. The maximum Gasteiger partial charge on any atom is 0.419 e. The predicted octanol–water partition coefficient (Wildman–Crippen LogP) is 3.83. The zero-order chi connectivity index (χ0) is 15.6. The second-order valence-corrected chi connectivity index (χ2v) is 5.81. The Kier molecular flexibility index (Phi) is 6.65. The van der Waals surface area contributed by atoms with Gasteiger partial charge in [0.15, 0.2) is 0 Å². The molecule has 0 bridgehead atoms. The van der Waals surface area contributed by atoms with Crippen LogP contribution in [0.1, 0.15) is 30.9 Å². The number of hydrogen-bond acceptors (Lipinski definition) is 2. The van der Waals surface area contributed by atoms with Crippen LogP contribution < -0.4 is 5.73 Å². The standard InChI is InChI=1S/C15H20F4N2.ClH/c1-10(20)12-3-2-6-21(9-12)8-11-4-5-14(16)13(7-11)15(17,18)19;/h4-5,7,10,12H,2-3,6,8-9,20H2,1H3;1H. The first-order chi connectivity index (χ1) is 9.77. The van der Waals surface area contributed by atoms with Crippen molar-refractivity contribution in [3.05, 3.63) is 35.1 Å². The summed E-state index contributed by atoms with van der Waals surface area (Å²) < 4.78 is 51.4. The van der Waals surface area contributed by atoms with Gasteiger partial charge in [0, 0.05) is 19.1 Å². The molecule has 7 heteroatoms. The summed E-state index contributed by atoms with van der Waals surface area (Å²) in [5.74, 6) is -0.861. The van der Waals surface area contributed by atoms with Crippen molar-refractivity contribution in [2.45, 2.75) is 38.5 Å². The number of likely N-dealkylation sites (tertiary alicyclic amines) is 1. The van der Waals surface area contributed by atoms with Crippen molar-refractivity contribution in [3.8, 4) is 0 Å². The van der Waals surface area contributed by atoms with Gasteiger partial charge in [0.25, 0.3) is 0 Å². The third-order valence-electron chi connectivity index (χ3n) is 4.03. The number of hydrogen-bond donors (Lipinski definition) is 1. The topological polar surface area (TPSA) is 29.3 Å². The Labute approximate surface area is 134 Å². The Morgan fingerprint density at radius 2 is 2.05 bits per heavy atom. The number of nitrogens with zero attached hydrogens (tertiary/aromatic N) is 1. The molecule has 1 aliphatic rings. The molecule has 1 aliphatic heterocycles. The van der Waals surface area contributed by atoms with Gasteiger partial charge in [-0.3, -0.25) is 4.90 Å². The molecule has 2 nitrogen and oxygen atoms in total.